The second kappa shape index (κ2) is 7.46. The van der Waals surface area contributed by atoms with Crippen molar-refractivity contribution in [2.45, 2.75) is 51.2 Å². The average molecular weight is 399 g/mol. The first-order chi connectivity index (χ1) is 14.2. The van der Waals surface area contributed by atoms with E-state index in [4.69, 9.17) is 9.47 Å². The number of nitrogens with zero attached hydrogens (tertiary/aromatic N) is 3. The summed E-state index contributed by atoms with van der Waals surface area (Å²) in [6, 6.07) is 5.07. The molecule has 1 aromatic carbocycles. The molecule has 3 heterocycles. The Kier molecular flexibility index (Phi) is 4.65. The fourth-order valence-corrected chi connectivity index (χ4v) is 3.91. The van der Waals surface area contributed by atoms with Crippen LogP contribution < -0.4 is 25.8 Å². The first-order valence-electron chi connectivity index (χ1n) is 10.3. The number of hydrogen-bond donors (Lipinski definition) is 2. The summed E-state index contributed by atoms with van der Waals surface area (Å²) < 4.78 is 14.4. The molecule has 1 aliphatic carbocycles. The van der Waals surface area contributed by atoms with Gasteiger partial charge in [-0.1, -0.05) is 0 Å². The molecular weight excluding hydrogens is 374 g/mol. The number of nitrogens with one attached hydrogen (secondary N) is 2. The van der Waals surface area contributed by atoms with Gasteiger partial charge in [0.05, 0.1) is 0 Å². The van der Waals surface area contributed by atoms with Crippen LogP contribution in [0.25, 0.3) is 0 Å². The van der Waals surface area contributed by atoms with Gasteiger partial charge in [0.15, 0.2) is 11.5 Å². The molecular formula is C20H25N5O4. The number of benzene rings is 1. The second-order valence-electron chi connectivity index (χ2n) is 7.96. The molecule has 1 fully saturated rings. The standard InChI is InChI=1S/C20H25N5O4/c26-19(22-15-3-5-16-17(11-15)29-10-9-28-16)21-14-4-6-18-23-25(12-13-1-2-13)20(27)24(18)8-7-14/h3,5,11,13-14H,1-2,4,6-10,12H2,(H2,21,22,26). The molecule has 0 saturated heterocycles. The SMILES string of the molecule is O=C(Nc1ccc2c(c1)OCCO2)NC1CCc2nn(CC3CC3)c(=O)n2CC1. The fraction of sp³-hybridized carbons (Fsp3) is 0.550. The molecule has 1 aromatic heterocycles. The third-order valence-electron chi connectivity index (χ3n) is 5.68. The maximum Gasteiger partial charge on any atom is 0.345 e. The van der Waals surface area contributed by atoms with Crippen LogP contribution >= 0.6 is 0 Å². The molecule has 29 heavy (non-hydrogen) atoms. The lowest BCUT2D eigenvalue weighted by Crippen LogP contribution is -2.38. The Morgan fingerprint density at radius 3 is 2.79 bits per heavy atom. The molecule has 9 nitrogen and oxygen atoms in total. The highest BCUT2D eigenvalue weighted by atomic mass is 16.6. The van der Waals surface area contributed by atoms with Crippen LogP contribution in [-0.2, 0) is 19.5 Å². The summed E-state index contributed by atoms with van der Waals surface area (Å²) in [6.07, 6.45) is 4.53. The molecule has 154 valence electrons. The van der Waals surface area contributed by atoms with Gasteiger partial charge in [-0.25, -0.2) is 14.3 Å². The van der Waals surface area contributed by atoms with Crippen molar-refractivity contribution in [3.8, 4) is 11.5 Å². The van der Waals surface area contributed by atoms with E-state index in [9.17, 15) is 9.59 Å². The molecule has 1 atom stereocenters. The Morgan fingerprint density at radius 1 is 1.14 bits per heavy atom. The van der Waals surface area contributed by atoms with Crippen molar-refractivity contribution in [1.29, 1.82) is 0 Å². The second-order valence-corrected chi connectivity index (χ2v) is 7.96. The molecule has 0 radical (unpaired) electrons. The average Bonchev–Trinajstić information content (AvgIpc) is 3.51. The van der Waals surface area contributed by atoms with Gasteiger partial charge in [-0.15, -0.1) is 0 Å². The van der Waals surface area contributed by atoms with E-state index in [1.165, 1.54) is 12.8 Å². The van der Waals surface area contributed by atoms with E-state index in [2.05, 4.69) is 15.7 Å². The van der Waals surface area contributed by atoms with Gasteiger partial charge in [-0.2, -0.15) is 5.10 Å². The van der Waals surface area contributed by atoms with Gasteiger partial charge in [0.2, 0.25) is 0 Å². The number of carbonyl (C=O) groups is 1. The number of urea groups is 1. The molecule has 2 amide bonds. The maximum atomic E-state index is 12.6. The third kappa shape index (κ3) is 3.94. The lowest BCUT2D eigenvalue weighted by molar-refractivity contribution is 0.171. The lowest BCUT2D eigenvalue weighted by atomic mass is 10.1. The zero-order valence-corrected chi connectivity index (χ0v) is 16.2. The van der Waals surface area contributed by atoms with Gasteiger partial charge in [-0.05, 0) is 43.7 Å². The third-order valence-corrected chi connectivity index (χ3v) is 5.68. The lowest BCUT2D eigenvalue weighted by Gasteiger charge is -2.20. The van der Waals surface area contributed by atoms with Crippen molar-refractivity contribution in [3.63, 3.8) is 0 Å². The van der Waals surface area contributed by atoms with E-state index < -0.39 is 0 Å². The summed E-state index contributed by atoms with van der Waals surface area (Å²) >= 11 is 0. The van der Waals surface area contributed by atoms with Crippen molar-refractivity contribution >= 4 is 11.7 Å². The van der Waals surface area contributed by atoms with Crippen molar-refractivity contribution in [2.75, 3.05) is 18.5 Å². The highest BCUT2D eigenvalue weighted by Crippen LogP contribution is 2.32. The number of hydrogen-bond acceptors (Lipinski definition) is 5. The van der Waals surface area contributed by atoms with Crippen LogP contribution in [0.1, 0.15) is 31.5 Å². The van der Waals surface area contributed by atoms with Crippen LogP contribution in [0.4, 0.5) is 10.5 Å². The van der Waals surface area contributed by atoms with Crippen molar-refractivity contribution < 1.29 is 14.3 Å². The molecule has 3 aliphatic rings. The minimum atomic E-state index is -0.266. The van der Waals surface area contributed by atoms with E-state index in [-0.39, 0.29) is 17.8 Å². The van der Waals surface area contributed by atoms with E-state index in [0.29, 0.717) is 55.7 Å². The number of rotatable bonds is 4. The van der Waals surface area contributed by atoms with E-state index in [1.54, 1.807) is 27.4 Å². The molecule has 2 aliphatic heterocycles. The highest BCUT2D eigenvalue weighted by Gasteiger charge is 2.26. The number of amides is 2. The van der Waals surface area contributed by atoms with Crippen LogP contribution in [0.2, 0.25) is 0 Å². The first kappa shape index (κ1) is 18.1. The quantitative estimate of drug-likeness (QED) is 0.816. The number of fused-ring (bicyclic) bond motifs is 2. The molecule has 1 saturated carbocycles. The predicted octanol–water partition coefficient (Wildman–Crippen LogP) is 1.75. The Labute approximate surface area is 168 Å². The molecule has 2 N–H and O–H groups in total. The van der Waals surface area contributed by atoms with Crippen molar-refractivity contribution in [2.24, 2.45) is 5.92 Å². The van der Waals surface area contributed by atoms with Gasteiger partial charge in [0.25, 0.3) is 0 Å². The Morgan fingerprint density at radius 2 is 1.97 bits per heavy atom. The summed E-state index contributed by atoms with van der Waals surface area (Å²) in [5.74, 6) is 2.77. The van der Waals surface area contributed by atoms with Gasteiger partial charge >= 0.3 is 11.7 Å². The molecule has 5 rings (SSSR count). The summed E-state index contributed by atoms with van der Waals surface area (Å²) in [7, 11) is 0. The van der Waals surface area contributed by atoms with Gasteiger partial charge in [0.1, 0.15) is 19.0 Å². The van der Waals surface area contributed by atoms with Crippen LogP contribution in [0.5, 0.6) is 11.5 Å². The zero-order valence-electron chi connectivity index (χ0n) is 16.2. The van der Waals surface area contributed by atoms with Crippen LogP contribution in [0, 0.1) is 5.92 Å². The fourth-order valence-electron chi connectivity index (χ4n) is 3.91. The minimum Gasteiger partial charge on any atom is -0.486 e. The Balaban J connectivity index is 1.18. The summed E-state index contributed by atoms with van der Waals surface area (Å²) in [6.45, 7) is 2.35. The maximum absolute atomic E-state index is 12.6. The van der Waals surface area contributed by atoms with Crippen molar-refractivity contribution in [3.05, 3.63) is 34.5 Å². The number of ether oxygens (including phenoxy) is 2. The van der Waals surface area contributed by atoms with Gasteiger partial charge in [-0.3, -0.25) is 4.57 Å². The normalized spacial score (nSPS) is 20.5. The molecule has 0 spiro atoms. The number of anilines is 1. The monoisotopic (exact) mass is 399 g/mol. The summed E-state index contributed by atoms with van der Waals surface area (Å²) in [5.41, 5.74) is 0.629. The summed E-state index contributed by atoms with van der Waals surface area (Å²) in [5, 5.41) is 10.4. The van der Waals surface area contributed by atoms with Gasteiger partial charge in [0, 0.05) is 37.3 Å². The number of aryl methyl sites for hydroxylation is 1. The first-order valence-corrected chi connectivity index (χ1v) is 10.3. The van der Waals surface area contributed by atoms with Crippen LogP contribution in [0.3, 0.4) is 0 Å². The Hall–Kier alpha value is -2.97. The topological polar surface area (TPSA) is 99.4 Å². The minimum absolute atomic E-state index is 0.00908. The molecule has 0 bridgehead atoms. The van der Waals surface area contributed by atoms with E-state index >= 15 is 0 Å². The van der Waals surface area contributed by atoms with Crippen LogP contribution in [0.15, 0.2) is 23.0 Å². The summed E-state index contributed by atoms with van der Waals surface area (Å²) in [4.78, 5) is 25.0. The van der Waals surface area contributed by atoms with Crippen LogP contribution in [-0.4, -0.2) is 39.6 Å². The molecule has 2 aromatic rings. The highest BCUT2D eigenvalue weighted by molar-refractivity contribution is 5.89. The molecule has 9 heteroatoms. The number of aromatic nitrogens is 3. The largest absolute Gasteiger partial charge is 0.486 e. The smallest absolute Gasteiger partial charge is 0.345 e. The zero-order chi connectivity index (χ0) is 19.8. The Bertz CT molecular complexity index is 978. The van der Waals surface area contributed by atoms with E-state index in [0.717, 1.165) is 18.8 Å². The predicted molar refractivity (Wildman–Crippen MR) is 106 cm³/mol. The van der Waals surface area contributed by atoms with Gasteiger partial charge < -0.3 is 20.1 Å². The molecule has 1 unspecified atom stereocenters. The number of carbonyl (C=O) groups excluding carboxylic acids is 1. The van der Waals surface area contributed by atoms with E-state index in [1.807, 2.05) is 0 Å². The van der Waals surface area contributed by atoms with Crippen molar-refractivity contribution in [1.82, 2.24) is 19.7 Å².